The summed E-state index contributed by atoms with van der Waals surface area (Å²) in [7, 11) is 0. The molecular weight excluding hydrogens is 360 g/mol. The summed E-state index contributed by atoms with van der Waals surface area (Å²) in [4.78, 5) is 5.63. The molecule has 1 atom stereocenters. The average molecular weight is 373 g/mol. The number of aryl methyl sites for hydroxylation is 1. The van der Waals surface area contributed by atoms with Crippen molar-refractivity contribution in [2.45, 2.75) is 13.0 Å². The van der Waals surface area contributed by atoms with Crippen LogP contribution >= 0.6 is 27.3 Å². The van der Waals surface area contributed by atoms with Crippen LogP contribution < -0.4 is 5.32 Å². The molecule has 22 heavy (non-hydrogen) atoms. The highest BCUT2D eigenvalue weighted by Gasteiger charge is 2.25. The molecule has 3 aromatic rings. The lowest BCUT2D eigenvalue weighted by Crippen LogP contribution is -2.20. The summed E-state index contributed by atoms with van der Waals surface area (Å²) in [5, 5.41) is 9.86. The van der Waals surface area contributed by atoms with E-state index in [9.17, 15) is 0 Å². The molecule has 0 saturated heterocycles. The maximum absolute atomic E-state index is 4.38. The van der Waals surface area contributed by atoms with Crippen LogP contribution in [0.25, 0.3) is 5.70 Å². The third kappa shape index (κ3) is 2.28. The third-order valence-corrected chi connectivity index (χ3v) is 5.30. The first-order chi connectivity index (χ1) is 10.7. The molecule has 1 N–H and O–H groups in total. The quantitative estimate of drug-likeness (QED) is 0.721. The Kier molecular flexibility index (Phi) is 3.35. The smallest absolute Gasteiger partial charge is 0.226 e. The highest BCUT2D eigenvalue weighted by molar-refractivity contribution is 9.10. The molecular formula is C16H13BrN4S. The lowest BCUT2D eigenvalue weighted by Gasteiger charge is -2.24. The molecule has 0 unspecified atom stereocenters. The van der Waals surface area contributed by atoms with Crippen LogP contribution in [0.1, 0.15) is 22.0 Å². The Morgan fingerprint density at radius 3 is 3.00 bits per heavy atom. The molecule has 0 spiro atoms. The summed E-state index contributed by atoms with van der Waals surface area (Å²) in [6.07, 6.45) is 3.80. The fourth-order valence-electron chi connectivity index (χ4n) is 2.63. The van der Waals surface area contributed by atoms with Crippen LogP contribution in [0, 0.1) is 6.92 Å². The number of halogens is 1. The number of nitrogens with one attached hydrogen (secondary N) is 1. The molecule has 6 heteroatoms. The topological polar surface area (TPSA) is 42.7 Å². The first-order valence-corrected chi connectivity index (χ1v) is 8.58. The molecule has 0 amide bonds. The van der Waals surface area contributed by atoms with E-state index >= 15 is 0 Å². The fourth-order valence-corrected chi connectivity index (χ4v) is 4.01. The largest absolute Gasteiger partial charge is 0.324 e. The van der Waals surface area contributed by atoms with Gasteiger partial charge in [-0.25, -0.2) is 4.68 Å². The summed E-state index contributed by atoms with van der Waals surface area (Å²) in [6, 6.07) is 10.5. The van der Waals surface area contributed by atoms with Gasteiger partial charge in [0.05, 0.1) is 0 Å². The Morgan fingerprint density at radius 2 is 2.23 bits per heavy atom. The van der Waals surface area contributed by atoms with Gasteiger partial charge in [-0.15, -0.1) is 11.3 Å². The SMILES string of the molecule is Cc1ccsc1[C@@H]1C=C(c2cccc(Br)c2)Nc2ncnn21. The Balaban J connectivity index is 1.84. The molecule has 1 aliphatic rings. The number of anilines is 1. The molecule has 3 heterocycles. The van der Waals surface area contributed by atoms with Gasteiger partial charge in [-0.1, -0.05) is 28.1 Å². The Morgan fingerprint density at radius 1 is 1.32 bits per heavy atom. The van der Waals surface area contributed by atoms with Gasteiger partial charge in [0.15, 0.2) is 0 Å². The minimum Gasteiger partial charge on any atom is -0.324 e. The Labute approximate surface area is 140 Å². The van der Waals surface area contributed by atoms with Crippen LogP contribution in [-0.4, -0.2) is 14.8 Å². The number of benzene rings is 1. The van der Waals surface area contributed by atoms with Gasteiger partial charge in [0.1, 0.15) is 12.4 Å². The van der Waals surface area contributed by atoms with E-state index in [4.69, 9.17) is 0 Å². The molecule has 4 nitrogen and oxygen atoms in total. The molecule has 2 aromatic heterocycles. The fraction of sp³-hybridized carbons (Fsp3) is 0.125. The molecule has 0 bridgehead atoms. The maximum Gasteiger partial charge on any atom is 0.226 e. The summed E-state index contributed by atoms with van der Waals surface area (Å²) in [5.41, 5.74) is 3.46. The number of allylic oxidation sites excluding steroid dienone is 1. The van der Waals surface area contributed by atoms with Crippen molar-refractivity contribution in [2.75, 3.05) is 5.32 Å². The Hall–Kier alpha value is -1.92. The van der Waals surface area contributed by atoms with Crippen LogP contribution in [0.2, 0.25) is 0 Å². The van der Waals surface area contributed by atoms with E-state index in [1.165, 1.54) is 10.4 Å². The third-order valence-electron chi connectivity index (χ3n) is 3.71. The van der Waals surface area contributed by atoms with E-state index in [-0.39, 0.29) is 6.04 Å². The predicted molar refractivity (Wildman–Crippen MR) is 93.0 cm³/mol. The molecule has 0 fully saturated rings. The minimum absolute atomic E-state index is 0.0766. The van der Waals surface area contributed by atoms with E-state index in [1.807, 2.05) is 16.8 Å². The zero-order valence-electron chi connectivity index (χ0n) is 11.8. The van der Waals surface area contributed by atoms with Gasteiger partial charge in [0, 0.05) is 15.0 Å². The second kappa shape index (κ2) is 5.37. The van der Waals surface area contributed by atoms with E-state index in [2.05, 4.69) is 67.9 Å². The summed E-state index contributed by atoms with van der Waals surface area (Å²) in [5.74, 6) is 0.773. The van der Waals surface area contributed by atoms with Crippen molar-refractivity contribution in [2.24, 2.45) is 0 Å². The highest BCUT2D eigenvalue weighted by atomic mass is 79.9. The van der Waals surface area contributed by atoms with Crippen molar-refractivity contribution in [3.05, 3.63) is 68.6 Å². The molecule has 1 aliphatic heterocycles. The average Bonchev–Trinajstić information content (AvgIpc) is 3.14. The number of rotatable bonds is 2. The summed E-state index contributed by atoms with van der Waals surface area (Å²) in [6.45, 7) is 2.14. The normalized spacial score (nSPS) is 16.8. The lowest BCUT2D eigenvalue weighted by atomic mass is 10.1. The van der Waals surface area contributed by atoms with Crippen LogP contribution in [0.4, 0.5) is 5.95 Å². The van der Waals surface area contributed by atoms with Gasteiger partial charge < -0.3 is 5.32 Å². The van der Waals surface area contributed by atoms with Gasteiger partial charge in [0.2, 0.25) is 5.95 Å². The van der Waals surface area contributed by atoms with Gasteiger partial charge in [-0.3, -0.25) is 0 Å². The van der Waals surface area contributed by atoms with Gasteiger partial charge in [-0.05, 0) is 47.7 Å². The zero-order chi connectivity index (χ0) is 15.1. The van der Waals surface area contributed by atoms with Crippen molar-refractivity contribution in [3.63, 3.8) is 0 Å². The number of nitrogens with zero attached hydrogens (tertiary/aromatic N) is 3. The van der Waals surface area contributed by atoms with Crippen LogP contribution in [0.15, 0.2) is 52.6 Å². The number of hydrogen-bond donors (Lipinski definition) is 1. The first kappa shape index (κ1) is 13.7. The van der Waals surface area contributed by atoms with E-state index in [1.54, 1.807) is 17.7 Å². The second-order valence-corrected chi connectivity index (χ2v) is 7.02. The highest BCUT2D eigenvalue weighted by Crippen LogP contribution is 2.35. The monoisotopic (exact) mass is 372 g/mol. The van der Waals surface area contributed by atoms with Crippen molar-refractivity contribution >= 4 is 38.9 Å². The number of fused-ring (bicyclic) bond motifs is 1. The van der Waals surface area contributed by atoms with E-state index < -0.39 is 0 Å². The lowest BCUT2D eigenvalue weighted by molar-refractivity contribution is 0.618. The molecule has 110 valence electrons. The molecule has 0 saturated carbocycles. The van der Waals surface area contributed by atoms with E-state index in [0.717, 1.165) is 21.7 Å². The van der Waals surface area contributed by atoms with E-state index in [0.29, 0.717) is 0 Å². The Bertz CT molecular complexity index is 864. The van der Waals surface area contributed by atoms with Gasteiger partial charge in [-0.2, -0.15) is 10.1 Å². The van der Waals surface area contributed by atoms with Crippen molar-refractivity contribution in [1.29, 1.82) is 0 Å². The van der Waals surface area contributed by atoms with Crippen molar-refractivity contribution in [3.8, 4) is 0 Å². The number of hydrogen-bond acceptors (Lipinski definition) is 4. The van der Waals surface area contributed by atoms with Crippen LogP contribution in [-0.2, 0) is 0 Å². The van der Waals surface area contributed by atoms with Gasteiger partial charge in [0.25, 0.3) is 0 Å². The number of aromatic nitrogens is 3. The molecule has 1 aromatic carbocycles. The summed E-state index contributed by atoms with van der Waals surface area (Å²) < 4.78 is 2.99. The first-order valence-electron chi connectivity index (χ1n) is 6.90. The summed E-state index contributed by atoms with van der Waals surface area (Å²) >= 11 is 5.29. The number of thiophene rings is 1. The van der Waals surface area contributed by atoms with Crippen LogP contribution in [0.3, 0.4) is 0 Å². The van der Waals surface area contributed by atoms with Gasteiger partial charge >= 0.3 is 0 Å². The van der Waals surface area contributed by atoms with Crippen molar-refractivity contribution < 1.29 is 0 Å². The maximum atomic E-state index is 4.38. The standard InChI is InChI=1S/C16H13BrN4S/c1-10-5-6-22-15(10)14-8-13(11-3-2-4-12(17)7-11)20-16-18-9-19-21(14)16/h2-9,14H,1H3,(H,18,19,20)/t14-/m0/s1. The molecule has 0 radical (unpaired) electrons. The predicted octanol–water partition coefficient (Wildman–Crippen LogP) is 4.47. The van der Waals surface area contributed by atoms with Crippen molar-refractivity contribution in [1.82, 2.24) is 14.8 Å². The van der Waals surface area contributed by atoms with Crippen LogP contribution in [0.5, 0.6) is 0 Å². The second-order valence-electron chi connectivity index (χ2n) is 5.16. The zero-order valence-corrected chi connectivity index (χ0v) is 14.2. The minimum atomic E-state index is 0.0766. The molecule has 4 rings (SSSR count). The molecule has 0 aliphatic carbocycles.